The van der Waals surface area contributed by atoms with E-state index in [-0.39, 0.29) is 17.5 Å². The Balaban J connectivity index is 1.83. The summed E-state index contributed by atoms with van der Waals surface area (Å²) in [6.07, 6.45) is 0.977. The van der Waals surface area contributed by atoms with Crippen molar-refractivity contribution in [1.29, 1.82) is 0 Å². The summed E-state index contributed by atoms with van der Waals surface area (Å²) in [6, 6.07) is 8.23. The van der Waals surface area contributed by atoms with Crippen molar-refractivity contribution in [2.45, 2.75) is 32.6 Å². The zero-order valence-corrected chi connectivity index (χ0v) is 15.5. The molecule has 1 atom stereocenters. The number of fused-ring (bicyclic) bond motifs is 1. The van der Waals surface area contributed by atoms with Gasteiger partial charge in [0.1, 0.15) is 5.82 Å². The van der Waals surface area contributed by atoms with E-state index in [2.05, 4.69) is 20.4 Å². The van der Waals surface area contributed by atoms with Crippen LogP contribution in [0.2, 0.25) is 0 Å². The highest BCUT2D eigenvalue weighted by Crippen LogP contribution is 2.36. The number of hydrogen-bond acceptors (Lipinski definition) is 5. The van der Waals surface area contributed by atoms with Crippen LogP contribution in [0.3, 0.4) is 0 Å². The molecule has 6 nitrogen and oxygen atoms in total. The molecule has 0 aliphatic heterocycles. The van der Waals surface area contributed by atoms with Gasteiger partial charge in [-0.1, -0.05) is 12.1 Å². The van der Waals surface area contributed by atoms with Gasteiger partial charge in [-0.05, 0) is 49.9 Å². The molecule has 1 aliphatic carbocycles. The number of ketones is 1. The van der Waals surface area contributed by atoms with Crippen molar-refractivity contribution < 1.29 is 9.18 Å². The van der Waals surface area contributed by atoms with Gasteiger partial charge in [-0.25, -0.2) is 19.0 Å². The van der Waals surface area contributed by atoms with Crippen molar-refractivity contribution in [3.63, 3.8) is 0 Å². The highest BCUT2D eigenvalue weighted by Gasteiger charge is 2.33. The van der Waals surface area contributed by atoms with Gasteiger partial charge in [-0.2, -0.15) is 0 Å². The fourth-order valence-electron chi connectivity index (χ4n) is 3.68. The van der Waals surface area contributed by atoms with Crippen molar-refractivity contribution in [3.05, 3.63) is 64.4 Å². The maximum Gasteiger partial charge on any atom is 0.251 e. The number of anilines is 1. The highest BCUT2D eigenvalue weighted by atomic mass is 19.1. The summed E-state index contributed by atoms with van der Waals surface area (Å²) in [7, 11) is 1.74. The molecule has 0 amide bonds. The Bertz CT molecular complexity index is 1010. The van der Waals surface area contributed by atoms with Gasteiger partial charge in [0.05, 0.1) is 11.3 Å². The fourth-order valence-corrected chi connectivity index (χ4v) is 3.68. The molecule has 0 bridgehead atoms. The predicted molar refractivity (Wildman–Crippen MR) is 100.0 cm³/mol. The smallest absolute Gasteiger partial charge is 0.251 e. The van der Waals surface area contributed by atoms with Gasteiger partial charge < -0.3 is 5.32 Å². The zero-order chi connectivity index (χ0) is 19.1. The second-order valence-electron chi connectivity index (χ2n) is 6.86. The molecule has 1 aromatic carbocycles. The molecule has 0 saturated heterocycles. The van der Waals surface area contributed by atoms with Gasteiger partial charge in [0.15, 0.2) is 11.6 Å². The van der Waals surface area contributed by atoms with Crippen LogP contribution in [0.25, 0.3) is 5.95 Å². The van der Waals surface area contributed by atoms with Crippen molar-refractivity contribution in [1.82, 2.24) is 19.7 Å². The monoisotopic (exact) mass is 365 g/mol. The van der Waals surface area contributed by atoms with Crippen LogP contribution < -0.4 is 5.32 Å². The number of aryl methyl sites for hydroxylation is 2. The van der Waals surface area contributed by atoms with Crippen molar-refractivity contribution >= 4 is 11.6 Å². The molecule has 0 spiro atoms. The number of carbonyl (C=O) groups is 1. The van der Waals surface area contributed by atoms with E-state index in [1.807, 2.05) is 19.9 Å². The lowest BCUT2D eigenvalue weighted by Crippen LogP contribution is -2.21. The van der Waals surface area contributed by atoms with Gasteiger partial charge >= 0.3 is 0 Å². The number of rotatable bonds is 3. The van der Waals surface area contributed by atoms with E-state index in [4.69, 9.17) is 0 Å². The SMILES string of the molecule is CNc1nn(-c2nc(C)cc(C)n2)c2c1C(=O)CC(c1ccc(F)cc1)C2. The van der Waals surface area contributed by atoms with E-state index in [9.17, 15) is 9.18 Å². The average molecular weight is 365 g/mol. The Hall–Kier alpha value is -3.09. The first-order valence-corrected chi connectivity index (χ1v) is 8.87. The maximum atomic E-state index is 13.3. The van der Waals surface area contributed by atoms with E-state index in [1.165, 1.54) is 12.1 Å². The Morgan fingerprint density at radius 1 is 1.11 bits per heavy atom. The van der Waals surface area contributed by atoms with Crippen LogP contribution >= 0.6 is 0 Å². The summed E-state index contributed by atoms with van der Waals surface area (Å²) in [6.45, 7) is 3.80. The summed E-state index contributed by atoms with van der Waals surface area (Å²) in [5, 5.41) is 7.56. The van der Waals surface area contributed by atoms with Crippen LogP contribution in [0.15, 0.2) is 30.3 Å². The molecule has 1 aliphatic rings. The quantitative estimate of drug-likeness (QED) is 0.770. The minimum Gasteiger partial charge on any atom is -0.371 e. The van der Waals surface area contributed by atoms with Crippen molar-refractivity contribution in [3.8, 4) is 5.95 Å². The Morgan fingerprint density at radius 2 is 1.78 bits per heavy atom. The summed E-state index contributed by atoms with van der Waals surface area (Å²) < 4.78 is 14.9. The molecule has 2 aromatic heterocycles. The van der Waals surface area contributed by atoms with E-state index >= 15 is 0 Å². The molecular weight excluding hydrogens is 345 g/mol. The summed E-state index contributed by atoms with van der Waals surface area (Å²) >= 11 is 0. The van der Waals surface area contributed by atoms with Crippen molar-refractivity contribution in [2.24, 2.45) is 0 Å². The second kappa shape index (κ2) is 6.57. The van der Waals surface area contributed by atoms with E-state index < -0.39 is 0 Å². The number of Topliss-reactive ketones (excluding diaryl/α,β-unsaturated/α-hetero) is 1. The molecule has 138 valence electrons. The molecule has 1 N–H and O–H groups in total. The summed E-state index contributed by atoms with van der Waals surface area (Å²) in [5.74, 6) is 0.697. The number of carbonyl (C=O) groups excluding carboxylic acids is 1. The number of benzene rings is 1. The lowest BCUT2D eigenvalue weighted by molar-refractivity contribution is 0.0964. The number of halogens is 1. The maximum absolute atomic E-state index is 13.3. The van der Waals surface area contributed by atoms with Crippen LogP contribution in [0, 0.1) is 19.7 Å². The topological polar surface area (TPSA) is 72.7 Å². The minimum atomic E-state index is -0.285. The van der Waals surface area contributed by atoms with Gasteiger partial charge in [0.25, 0.3) is 5.95 Å². The lowest BCUT2D eigenvalue weighted by atomic mass is 9.82. The molecule has 7 heteroatoms. The van der Waals surface area contributed by atoms with Gasteiger partial charge in [-0.3, -0.25) is 4.79 Å². The lowest BCUT2D eigenvalue weighted by Gasteiger charge is -2.22. The first kappa shape index (κ1) is 17.3. The predicted octanol–water partition coefficient (Wildman–Crippen LogP) is 3.37. The van der Waals surface area contributed by atoms with Crippen LogP contribution in [0.4, 0.5) is 10.2 Å². The summed E-state index contributed by atoms with van der Waals surface area (Å²) in [5.41, 5.74) is 4.00. The zero-order valence-electron chi connectivity index (χ0n) is 15.5. The van der Waals surface area contributed by atoms with Crippen molar-refractivity contribution in [2.75, 3.05) is 12.4 Å². The third kappa shape index (κ3) is 3.09. The van der Waals surface area contributed by atoms with Crippen LogP contribution in [-0.2, 0) is 6.42 Å². The number of nitrogens with zero attached hydrogens (tertiary/aromatic N) is 4. The molecular formula is C20H20FN5O. The molecule has 3 aromatic rings. The Labute approximate surface area is 156 Å². The molecule has 0 saturated carbocycles. The number of aromatic nitrogens is 4. The third-order valence-corrected chi connectivity index (χ3v) is 4.87. The standard InChI is InChI=1S/C20H20FN5O/c1-11-8-12(2)24-20(23-11)26-16-9-14(13-4-6-15(21)7-5-13)10-17(27)18(16)19(22-3)25-26/h4-8,14H,9-10H2,1-3H3,(H,22,25). The molecule has 0 radical (unpaired) electrons. The largest absolute Gasteiger partial charge is 0.371 e. The highest BCUT2D eigenvalue weighted by molar-refractivity contribution is 6.03. The van der Waals surface area contributed by atoms with E-state index in [1.54, 1.807) is 23.9 Å². The molecule has 0 fully saturated rings. The third-order valence-electron chi connectivity index (χ3n) is 4.87. The van der Waals surface area contributed by atoms with E-state index in [0.29, 0.717) is 30.2 Å². The van der Waals surface area contributed by atoms with Gasteiger partial charge in [0.2, 0.25) is 0 Å². The second-order valence-corrected chi connectivity index (χ2v) is 6.86. The van der Waals surface area contributed by atoms with Gasteiger partial charge in [0, 0.05) is 24.9 Å². The molecule has 1 unspecified atom stereocenters. The summed E-state index contributed by atoms with van der Waals surface area (Å²) in [4.78, 5) is 21.9. The normalized spacial score (nSPS) is 16.3. The van der Waals surface area contributed by atoms with Gasteiger partial charge in [-0.15, -0.1) is 5.10 Å². The number of hydrogen-bond donors (Lipinski definition) is 1. The minimum absolute atomic E-state index is 0.0190. The van der Waals surface area contributed by atoms with Crippen LogP contribution in [0.5, 0.6) is 0 Å². The average Bonchev–Trinajstić information content (AvgIpc) is 3.01. The first-order valence-electron chi connectivity index (χ1n) is 8.87. The van der Waals surface area contributed by atoms with Crippen LogP contribution in [-0.4, -0.2) is 32.6 Å². The Morgan fingerprint density at radius 3 is 2.41 bits per heavy atom. The molecule has 27 heavy (non-hydrogen) atoms. The molecule has 2 heterocycles. The fraction of sp³-hybridized carbons (Fsp3) is 0.300. The Kier molecular flexibility index (Phi) is 4.22. The number of nitrogens with one attached hydrogen (secondary N) is 1. The molecule has 4 rings (SSSR count). The van der Waals surface area contributed by atoms with E-state index in [0.717, 1.165) is 22.6 Å². The first-order chi connectivity index (χ1) is 13.0. The van der Waals surface area contributed by atoms with Crippen LogP contribution in [0.1, 0.15) is 45.3 Å².